The number of benzene rings is 10. The Morgan fingerprint density at radius 1 is 0.545 bits per heavy atom. The molecule has 0 radical (unpaired) electrons. The molecule has 6 heteroatoms. The van der Waals surface area contributed by atoms with Crippen LogP contribution in [0.5, 0.6) is 11.5 Å². The molecular formula is C71H52N4OPt-2. The van der Waals surface area contributed by atoms with Gasteiger partial charge < -0.3 is 13.9 Å². The number of aryl methyl sites for hydroxylation is 1. The molecule has 0 N–H and O–H groups in total. The molecule has 0 fully saturated rings. The Labute approximate surface area is 500 Å². The second kappa shape index (κ2) is 20.3. The molecule has 5 nitrogen and oxygen atoms in total. The molecule has 374 valence electrons. The van der Waals surface area contributed by atoms with Gasteiger partial charge in [0.1, 0.15) is 5.82 Å². The van der Waals surface area contributed by atoms with E-state index in [0.29, 0.717) is 38.7 Å². The van der Waals surface area contributed by atoms with E-state index in [1.807, 2.05) is 12.1 Å². The summed E-state index contributed by atoms with van der Waals surface area (Å²) in [5, 5.41) is 1.37. The van der Waals surface area contributed by atoms with Gasteiger partial charge >= 0.3 is 0 Å². The van der Waals surface area contributed by atoms with Crippen molar-refractivity contribution in [1.29, 1.82) is 0 Å². The molecule has 0 aliphatic heterocycles. The predicted molar refractivity (Wildman–Crippen MR) is 311 cm³/mol. The van der Waals surface area contributed by atoms with E-state index in [4.69, 9.17) is 28.0 Å². The van der Waals surface area contributed by atoms with Crippen LogP contribution in [-0.4, -0.2) is 14.1 Å². The summed E-state index contributed by atoms with van der Waals surface area (Å²) in [5.41, 5.74) is -3.43. The minimum atomic E-state index is -2.88. The molecular weight excluding hydrogens is 1120 g/mol. The molecule has 0 aliphatic rings. The van der Waals surface area contributed by atoms with Crippen molar-refractivity contribution in [1.82, 2.24) is 14.1 Å². The van der Waals surface area contributed by atoms with Crippen LogP contribution in [0.3, 0.4) is 0 Å². The molecule has 0 amide bonds. The largest absolute Gasteiger partial charge is 0.510 e. The summed E-state index contributed by atoms with van der Waals surface area (Å²) in [4.78, 5) is 4.67. The van der Waals surface area contributed by atoms with Gasteiger partial charge in [0.15, 0.2) is 0 Å². The van der Waals surface area contributed by atoms with Crippen LogP contribution >= 0.6 is 0 Å². The maximum Gasteiger partial charge on any atom is 0.268 e. The second-order valence-electron chi connectivity index (χ2n) is 18.5. The summed E-state index contributed by atoms with van der Waals surface area (Å²) in [6.45, 7) is 2.51. The van der Waals surface area contributed by atoms with Crippen LogP contribution in [0.25, 0.3) is 106 Å². The Morgan fingerprint density at radius 2 is 1.14 bits per heavy atom. The van der Waals surface area contributed by atoms with Crippen LogP contribution in [0.2, 0.25) is 0 Å². The number of pyridine rings is 1. The van der Waals surface area contributed by atoms with Crippen LogP contribution in [0.4, 0.5) is 0 Å². The van der Waals surface area contributed by atoms with E-state index in [-0.39, 0.29) is 77.5 Å². The van der Waals surface area contributed by atoms with Gasteiger partial charge in [0.05, 0.1) is 48.2 Å². The Bertz CT molecular complexity index is 5630. The normalized spacial score (nSPS) is 16.5. The summed E-state index contributed by atoms with van der Waals surface area (Å²) in [6.07, 6.45) is 4.61. The maximum atomic E-state index is 10.3. The number of hydrogen-bond donors (Lipinski definition) is 0. The summed E-state index contributed by atoms with van der Waals surface area (Å²) < 4.78 is 243. The zero-order valence-corrected chi connectivity index (χ0v) is 43.1. The number of fused-ring (bicyclic) bond motifs is 4. The minimum Gasteiger partial charge on any atom is -0.510 e. The van der Waals surface area contributed by atoms with Gasteiger partial charge in [-0.3, -0.25) is 4.57 Å². The van der Waals surface area contributed by atoms with Crippen molar-refractivity contribution >= 4 is 32.8 Å². The van der Waals surface area contributed by atoms with Gasteiger partial charge in [-0.05, 0) is 121 Å². The van der Waals surface area contributed by atoms with Gasteiger partial charge in [0, 0.05) is 54.0 Å². The Morgan fingerprint density at radius 3 is 1.81 bits per heavy atom. The van der Waals surface area contributed by atoms with Gasteiger partial charge in [0.25, 0.3) is 6.33 Å². The zero-order valence-electron chi connectivity index (χ0n) is 66.8. The van der Waals surface area contributed by atoms with Gasteiger partial charge in [-0.15, -0.1) is 29.7 Å². The molecule has 13 aromatic rings. The van der Waals surface area contributed by atoms with Crippen LogP contribution in [0.15, 0.2) is 242 Å². The van der Waals surface area contributed by atoms with E-state index in [2.05, 4.69) is 23.4 Å². The average Bonchev–Trinajstić information content (AvgIpc) is 1.61. The number of nitrogens with zero attached hydrogens (tertiary/aromatic N) is 4. The molecule has 10 aromatic carbocycles. The van der Waals surface area contributed by atoms with Crippen LogP contribution in [-0.2, 0) is 26.5 Å². The third kappa shape index (κ3) is 9.28. The molecule has 0 unspecified atom stereocenters. The third-order valence-electron chi connectivity index (χ3n) is 12.7. The van der Waals surface area contributed by atoms with Crippen molar-refractivity contribution < 1.29 is 66.0 Å². The number of ether oxygens (including phenoxy) is 1. The molecule has 0 aliphatic carbocycles. The maximum absolute atomic E-state index is 10.3. The SMILES string of the molecule is [2H]c1c([2H])c([2H])c(-c2cc(-c3c([2H])c(-c4c([2H])c([2H])c([2H])c([2H])c4[2H])c([2H])c(-c4c([2H])c([2H])c([2H])c([2H])c4[2H])c3[2H])c(-[n+]3[c-]n(-c4[c-]c(Oc5[c-]c6c(cc5)c5ccccc5n6-c5cc(C([2H])([2H])[2H])c(-c6c([2H])c([2H])c([2H])c([2H])c6[2H])cn5)ccc4)c4ccccc43)c(C(C)(C)C)c2)c([2H])c1[2H].[Pt]. The molecule has 0 saturated carbocycles. The molecule has 77 heavy (non-hydrogen) atoms. The Balaban J connectivity index is 0.00001000. The summed E-state index contributed by atoms with van der Waals surface area (Å²) in [5.74, 6) is 0.358. The van der Waals surface area contributed by atoms with E-state index < -0.39 is 179 Å². The number of hydrogen-bond acceptors (Lipinski definition) is 2. The number of para-hydroxylation sites is 3. The monoisotopic (exact) mass is 1200 g/mol. The Kier molecular flexibility index (Phi) is 7.33. The van der Waals surface area contributed by atoms with Crippen molar-refractivity contribution in [3.63, 3.8) is 0 Å². The standard InChI is InChI=1S/C71H52N4O.Pt/c1-48-38-69(72-46-63(48)52-28-15-8-16-29-52)75-65-33-18-17-32-60(65)61-37-36-59(45-68(61)75)76-58-31-21-30-57(44-58)73-47-74(67-35-20-19-34-66(67)73)70-62(42-55(43-64(70)71(2,3)4)51-26-13-7-14-27-51)56-40-53(49-22-9-5-10-23-49)39-54(41-56)50-24-11-6-12-25-50;/h5-43,46H,1-4H3;/q-2;/i1D3,5D,6D,7D,8D,9D,10D,11D,12D,13D,14D,15D,16D,22D,23D,24D,25D,26D,27D,28D,29D,39D,40D,41D;. The van der Waals surface area contributed by atoms with Crippen LogP contribution in [0.1, 0.15) is 67.5 Å². The van der Waals surface area contributed by atoms with Gasteiger partial charge in [-0.25, -0.2) is 4.98 Å². The first kappa shape index (κ1) is 27.8. The number of rotatable bonds is 10. The minimum absolute atomic E-state index is 0. The smallest absolute Gasteiger partial charge is 0.268 e. The molecule has 3 heterocycles. The summed E-state index contributed by atoms with van der Waals surface area (Å²) >= 11 is 0. The topological polar surface area (TPSA) is 35.9 Å². The van der Waals surface area contributed by atoms with Gasteiger partial charge in [-0.1, -0.05) is 196 Å². The van der Waals surface area contributed by atoms with E-state index in [9.17, 15) is 12.3 Å². The summed E-state index contributed by atoms with van der Waals surface area (Å²) in [7, 11) is 0. The van der Waals surface area contributed by atoms with Crippen LogP contribution < -0.4 is 9.30 Å². The Hall–Kier alpha value is -8.89. The third-order valence-corrected chi connectivity index (χ3v) is 12.7. The first-order valence-electron chi connectivity index (χ1n) is 36.7. The fraction of sp³-hybridized carbons (Fsp3) is 0.0704. The van der Waals surface area contributed by atoms with E-state index in [0.717, 1.165) is 5.39 Å². The number of imidazole rings is 1. The van der Waals surface area contributed by atoms with Gasteiger partial charge in [0.2, 0.25) is 0 Å². The van der Waals surface area contributed by atoms with Crippen molar-refractivity contribution in [3.8, 4) is 84.3 Å². The molecule has 0 spiro atoms. The molecule has 0 saturated heterocycles. The number of aromatic nitrogens is 4. The van der Waals surface area contributed by atoms with E-state index in [1.165, 1.54) is 18.3 Å². The quantitative estimate of drug-likeness (QED) is 0.101. The predicted octanol–water partition coefficient (Wildman–Crippen LogP) is 17.5. The first-order valence-corrected chi connectivity index (χ1v) is 23.7. The van der Waals surface area contributed by atoms with E-state index in [1.54, 1.807) is 107 Å². The fourth-order valence-corrected chi connectivity index (χ4v) is 9.25. The summed E-state index contributed by atoms with van der Waals surface area (Å²) in [6, 6.07) is 15.6. The molecule has 0 atom stereocenters. The van der Waals surface area contributed by atoms with Crippen molar-refractivity contribution in [2.45, 2.75) is 33.0 Å². The second-order valence-corrected chi connectivity index (χ2v) is 18.5. The fourth-order valence-electron chi connectivity index (χ4n) is 9.25. The molecule has 13 rings (SSSR count). The molecule has 0 bridgehead atoms. The first-order chi connectivity index (χ1) is 48.0. The van der Waals surface area contributed by atoms with E-state index >= 15 is 0 Å². The zero-order chi connectivity index (χ0) is 73.8. The van der Waals surface area contributed by atoms with Crippen molar-refractivity contribution in [2.24, 2.45) is 0 Å². The van der Waals surface area contributed by atoms with Gasteiger partial charge in [-0.2, -0.15) is 18.2 Å². The van der Waals surface area contributed by atoms with Crippen molar-refractivity contribution in [2.75, 3.05) is 0 Å². The van der Waals surface area contributed by atoms with Crippen molar-refractivity contribution in [3.05, 3.63) is 272 Å². The molecule has 3 aromatic heterocycles. The average molecular weight is 1200 g/mol. The van der Waals surface area contributed by atoms with Crippen LogP contribution in [0, 0.1) is 25.3 Å².